The van der Waals surface area contributed by atoms with Crippen molar-refractivity contribution in [3.63, 3.8) is 0 Å². The molecule has 4 nitrogen and oxygen atoms in total. The highest BCUT2D eigenvalue weighted by Crippen LogP contribution is 2.20. The van der Waals surface area contributed by atoms with E-state index in [1.807, 2.05) is 0 Å². The van der Waals surface area contributed by atoms with Crippen LogP contribution in [0.4, 0.5) is 0 Å². The molecule has 0 amide bonds. The summed E-state index contributed by atoms with van der Waals surface area (Å²) in [6.45, 7) is 4.86. The molecule has 1 saturated heterocycles. The van der Waals surface area contributed by atoms with Gasteiger partial charge in [0.25, 0.3) is 0 Å². The molecule has 20 heavy (non-hydrogen) atoms. The van der Waals surface area contributed by atoms with Gasteiger partial charge in [0.15, 0.2) is 0 Å². The van der Waals surface area contributed by atoms with Gasteiger partial charge >= 0.3 is 5.97 Å². The van der Waals surface area contributed by atoms with Crippen molar-refractivity contribution in [2.75, 3.05) is 26.8 Å². The van der Waals surface area contributed by atoms with Crippen LogP contribution in [-0.2, 0) is 9.53 Å². The number of ether oxygens (including phenoxy) is 1. The lowest BCUT2D eigenvalue weighted by atomic mass is 9.98. The second-order valence-electron chi connectivity index (χ2n) is 5.25. The molecule has 1 fully saturated rings. The first-order valence-electron chi connectivity index (χ1n) is 7.14. The molecule has 6 heteroatoms. The van der Waals surface area contributed by atoms with Gasteiger partial charge in [-0.2, -0.15) is 0 Å². The van der Waals surface area contributed by atoms with Crippen molar-refractivity contribution in [2.45, 2.75) is 51.5 Å². The van der Waals surface area contributed by atoms with E-state index in [1.165, 1.54) is 12.8 Å². The summed E-state index contributed by atoms with van der Waals surface area (Å²) in [6, 6.07) is 0.496. The Kier molecular flexibility index (Phi) is 14.1. The van der Waals surface area contributed by atoms with Crippen molar-refractivity contribution in [1.29, 1.82) is 0 Å². The molecule has 122 valence electrons. The zero-order valence-electron chi connectivity index (χ0n) is 12.5. The van der Waals surface area contributed by atoms with Crippen molar-refractivity contribution in [1.82, 2.24) is 4.90 Å². The number of unbranched alkanes of at least 4 members (excludes halogenated alkanes) is 1. The third-order valence-electron chi connectivity index (χ3n) is 3.88. The maximum atomic E-state index is 11.2. The van der Waals surface area contributed by atoms with Crippen LogP contribution in [-0.4, -0.2) is 48.8 Å². The van der Waals surface area contributed by atoms with Gasteiger partial charge in [-0.1, -0.05) is 19.8 Å². The molecule has 1 aliphatic heterocycles. The third-order valence-corrected chi connectivity index (χ3v) is 3.88. The summed E-state index contributed by atoms with van der Waals surface area (Å²) in [7, 11) is 1.73. The summed E-state index contributed by atoms with van der Waals surface area (Å²) < 4.78 is 5.22. The van der Waals surface area contributed by atoms with E-state index in [0.29, 0.717) is 6.04 Å². The topological polar surface area (TPSA) is 49.8 Å². The van der Waals surface area contributed by atoms with Crippen LogP contribution >= 0.6 is 24.8 Å². The number of hydrogen-bond donors (Lipinski definition) is 1. The molecule has 1 aliphatic rings. The van der Waals surface area contributed by atoms with Gasteiger partial charge in [-0.3, -0.25) is 9.69 Å². The maximum Gasteiger partial charge on any atom is 0.306 e. The van der Waals surface area contributed by atoms with Crippen LogP contribution in [0, 0.1) is 5.92 Å². The van der Waals surface area contributed by atoms with E-state index in [1.54, 1.807) is 7.11 Å². The van der Waals surface area contributed by atoms with Crippen LogP contribution in [0.3, 0.4) is 0 Å². The third kappa shape index (κ3) is 7.67. The van der Waals surface area contributed by atoms with Gasteiger partial charge < -0.3 is 9.84 Å². The molecule has 0 aliphatic carbocycles. The first kappa shape index (κ1) is 22.3. The Balaban J connectivity index is 0. The predicted octanol–water partition coefficient (Wildman–Crippen LogP) is 3.22. The van der Waals surface area contributed by atoms with Gasteiger partial charge in [0.05, 0.1) is 12.5 Å². The number of carboxylic acids is 1. The molecule has 0 saturated carbocycles. The average Bonchev–Trinajstić information content (AvgIpc) is 2.77. The fourth-order valence-electron chi connectivity index (χ4n) is 2.73. The molecule has 0 bridgehead atoms. The number of likely N-dealkylation sites (tertiary alicyclic amines) is 1. The van der Waals surface area contributed by atoms with E-state index in [2.05, 4.69) is 11.8 Å². The number of hydrogen-bond acceptors (Lipinski definition) is 3. The normalized spacial score (nSPS) is 20.0. The zero-order valence-corrected chi connectivity index (χ0v) is 14.2. The van der Waals surface area contributed by atoms with Crippen LogP contribution < -0.4 is 0 Å². The fourth-order valence-corrected chi connectivity index (χ4v) is 2.73. The van der Waals surface area contributed by atoms with E-state index in [9.17, 15) is 9.90 Å². The van der Waals surface area contributed by atoms with E-state index in [0.717, 1.165) is 45.4 Å². The molecular weight excluding hydrogens is 301 g/mol. The number of rotatable bonds is 9. The maximum absolute atomic E-state index is 11.2. The molecule has 1 unspecified atom stereocenters. The lowest BCUT2D eigenvalue weighted by Gasteiger charge is -2.25. The first-order chi connectivity index (χ1) is 8.69. The number of methoxy groups -OCH3 is 1. The van der Waals surface area contributed by atoms with Crippen LogP contribution in [0.15, 0.2) is 0 Å². The lowest BCUT2D eigenvalue weighted by molar-refractivity contribution is -0.142. The van der Waals surface area contributed by atoms with Crippen LogP contribution in [0.25, 0.3) is 0 Å². The molecule has 1 N–H and O–H groups in total. The predicted molar refractivity (Wildman–Crippen MR) is 86.2 cm³/mol. The number of carbonyl (C=O) groups is 1. The smallest absolute Gasteiger partial charge is 0.306 e. The summed E-state index contributed by atoms with van der Waals surface area (Å²) in [4.78, 5) is 13.6. The summed E-state index contributed by atoms with van der Waals surface area (Å²) >= 11 is 0. The number of aliphatic carboxylic acids is 1. The largest absolute Gasteiger partial charge is 0.481 e. The monoisotopic (exact) mass is 329 g/mol. The summed E-state index contributed by atoms with van der Waals surface area (Å²) in [6.07, 6.45) is 6.06. The Morgan fingerprint density at radius 1 is 1.40 bits per heavy atom. The van der Waals surface area contributed by atoms with Crippen LogP contribution in [0.5, 0.6) is 0 Å². The van der Waals surface area contributed by atoms with Crippen molar-refractivity contribution in [3.05, 3.63) is 0 Å². The SMILES string of the molecule is CCCCC(CCN1CCC[C@H]1COC)C(=O)O.Cl.Cl. The zero-order chi connectivity index (χ0) is 13.4. The Bertz CT molecular complexity index is 255. The highest BCUT2D eigenvalue weighted by molar-refractivity contribution is 5.85. The van der Waals surface area contributed by atoms with Gasteiger partial charge in [-0.25, -0.2) is 0 Å². The number of nitrogens with zero attached hydrogens (tertiary/aromatic N) is 1. The summed E-state index contributed by atoms with van der Waals surface area (Å²) in [5.74, 6) is -0.806. The Labute approximate surface area is 135 Å². The Hall–Kier alpha value is -0.0300. The van der Waals surface area contributed by atoms with Gasteiger partial charge in [0, 0.05) is 13.2 Å². The highest BCUT2D eigenvalue weighted by Gasteiger charge is 2.26. The second kappa shape index (κ2) is 12.7. The Morgan fingerprint density at radius 3 is 2.65 bits per heavy atom. The van der Waals surface area contributed by atoms with Crippen molar-refractivity contribution < 1.29 is 14.6 Å². The standard InChI is InChI=1S/C14H27NO3.2ClH/c1-3-4-6-12(14(16)17)8-10-15-9-5-7-13(15)11-18-2;;/h12-13H,3-11H2,1-2H3,(H,16,17);2*1H/t12?,13-;;/m0../s1. The number of carboxylic acid groups (broad SMARTS) is 1. The van der Waals surface area contributed by atoms with Gasteiger partial charge in [-0.05, 0) is 38.8 Å². The first-order valence-corrected chi connectivity index (χ1v) is 7.14. The van der Waals surface area contributed by atoms with E-state index in [4.69, 9.17) is 4.74 Å². The average molecular weight is 330 g/mol. The summed E-state index contributed by atoms with van der Waals surface area (Å²) in [5, 5.41) is 9.20. The molecule has 0 spiro atoms. The second-order valence-corrected chi connectivity index (χ2v) is 5.25. The molecule has 1 rings (SSSR count). The minimum absolute atomic E-state index is 0. The highest BCUT2D eigenvalue weighted by atomic mass is 35.5. The molecule has 0 aromatic heterocycles. The number of halogens is 2. The summed E-state index contributed by atoms with van der Waals surface area (Å²) in [5.41, 5.74) is 0. The molecule has 2 atom stereocenters. The lowest BCUT2D eigenvalue weighted by Crippen LogP contribution is -2.35. The molecule has 0 radical (unpaired) electrons. The van der Waals surface area contributed by atoms with Crippen LogP contribution in [0.2, 0.25) is 0 Å². The van der Waals surface area contributed by atoms with E-state index >= 15 is 0 Å². The van der Waals surface area contributed by atoms with Crippen LogP contribution in [0.1, 0.15) is 45.4 Å². The van der Waals surface area contributed by atoms with Crippen molar-refractivity contribution in [2.24, 2.45) is 5.92 Å². The van der Waals surface area contributed by atoms with Gasteiger partial charge in [0.2, 0.25) is 0 Å². The molecule has 0 aromatic rings. The minimum Gasteiger partial charge on any atom is -0.481 e. The van der Waals surface area contributed by atoms with Crippen molar-refractivity contribution >= 4 is 30.8 Å². The van der Waals surface area contributed by atoms with Crippen molar-refractivity contribution in [3.8, 4) is 0 Å². The van der Waals surface area contributed by atoms with Gasteiger partial charge in [-0.15, -0.1) is 24.8 Å². The molecular formula is C14H29Cl2NO3. The molecule has 0 aromatic carbocycles. The van der Waals surface area contributed by atoms with E-state index in [-0.39, 0.29) is 30.7 Å². The van der Waals surface area contributed by atoms with E-state index < -0.39 is 5.97 Å². The quantitative estimate of drug-likeness (QED) is 0.705. The molecule has 1 heterocycles. The minimum atomic E-state index is -0.633. The Morgan fingerprint density at radius 2 is 2.10 bits per heavy atom. The van der Waals surface area contributed by atoms with Gasteiger partial charge in [0.1, 0.15) is 0 Å². The fraction of sp³-hybridized carbons (Fsp3) is 0.929.